The Bertz CT molecular complexity index is 441. The predicted molar refractivity (Wildman–Crippen MR) is 78.8 cm³/mol. The largest absolute Gasteiger partial charge is 0.497 e. The fraction of sp³-hybridized carbons (Fsp3) is 0.533. The number of urea groups is 1. The van der Waals surface area contributed by atoms with Crippen molar-refractivity contribution in [2.75, 3.05) is 20.2 Å². The lowest BCUT2D eigenvalue weighted by Crippen LogP contribution is -2.41. The highest BCUT2D eigenvalue weighted by molar-refractivity contribution is 5.73. The average molecular weight is 280 g/mol. The van der Waals surface area contributed by atoms with E-state index in [0.29, 0.717) is 17.9 Å². The van der Waals surface area contributed by atoms with E-state index >= 15 is 0 Å². The molecule has 0 aliphatic carbocycles. The van der Waals surface area contributed by atoms with E-state index in [2.05, 4.69) is 10.6 Å². The van der Waals surface area contributed by atoms with E-state index in [1.165, 1.54) is 0 Å². The maximum absolute atomic E-state index is 11.6. The smallest absolute Gasteiger partial charge is 0.314 e. The van der Waals surface area contributed by atoms with Gasteiger partial charge in [-0.3, -0.25) is 0 Å². The highest BCUT2D eigenvalue weighted by atomic mass is 16.5. The van der Waals surface area contributed by atoms with Crippen LogP contribution in [0.3, 0.4) is 0 Å². The molecule has 2 amide bonds. The molecule has 0 fully saturated rings. The number of benzene rings is 1. The van der Waals surface area contributed by atoms with Crippen molar-refractivity contribution in [1.29, 1.82) is 0 Å². The second-order valence-electron chi connectivity index (χ2n) is 5.92. The average Bonchev–Trinajstić information content (AvgIpc) is 2.41. The van der Waals surface area contributed by atoms with Gasteiger partial charge in [0.2, 0.25) is 0 Å². The topological polar surface area (TPSA) is 70.6 Å². The summed E-state index contributed by atoms with van der Waals surface area (Å²) in [5, 5.41) is 15.4. The van der Waals surface area contributed by atoms with Gasteiger partial charge in [0.25, 0.3) is 0 Å². The highest BCUT2D eigenvalue weighted by Crippen LogP contribution is 2.18. The van der Waals surface area contributed by atoms with Gasteiger partial charge in [0, 0.05) is 13.1 Å². The monoisotopic (exact) mass is 280 g/mol. The van der Waals surface area contributed by atoms with Gasteiger partial charge >= 0.3 is 6.03 Å². The fourth-order valence-electron chi connectivity index (χ4n) is 1.56. The summed E-state index contributed by atoms with van der Waals surface area (Å²) in [7, 11) is 1.57. The minimum atomic E-state index is -0.759. The molecular formula is C15H24N2O3. The Labute approximate surface area is 120 Å². The van der Waals surface area contributed by atoms with Crippen molar-refractivity contribution in [2.45, 2.75) is 26.9 Å². The zero-order chi connectivity index (χ0) is 15.2. The van der Waals surface area contributed by atoms with Crippen molar-refractivity contribution in [1.82, 2.24) is 10.6 Å². The first-order chi connectivity index (χ1) is 9.31. The molecule has 0 aromatic heterocycles. The SMILES string of the molecule is COc1cccc(C(O)CNC(=O)NCC(C)(C)C)c1. The number of aliphatic hydroxyl groups excluding tert-OH is 1. The third-order valence-corrected chi connectivity index (χ3v) is 2.71. The quantitative estimate of drug-likeness (QED) is 0.773. The van der Waals surface area contributed by atoms with Crippen LogP contribution in [0.5, 0.6) is 5.75 Å². The van der Waals surface area contributed by atoms with Gasteiger partial charge in [-0.15, -0.1) is 0 Å². The van der Waals surface area contributed by atoms with Crippen LogP contribution >= 0.6 is 0 Å². The Hall–Kier alpha value is -1.75. The summed E-state index contributed by atoms with van der Waals surface area (Å²) in [6.07, 6.45) is -0.759. The van der Waals surface area contributed by atoms with Crippen molar-refractivity contribution in [3.05, 3.63) is 29.8 Å². The van der Waals surface area contributed by atoms with Crippen LogP contribution in [0.1, 0.15) is 32.4 Å². The van der Waals surface area contributed by atoms with Crippen molar-refractivity contribution in [3.8, 4) is 5.75 Å². The Morgan fingerprint density at radius 1 is 1.35 bits per heavy atom. The number of hydrogen-bond acceptors (Lipinski definition) is 3. The molecule has 0 heterocycles. The lowest BCUT2D eigenvalue weighted by Gasteiger charge is -2.19. The van der Waals surface area contributed by atoms with Gasteiger partial charge in [0.15, 0.2) is 0 Å². The van der Waals surface area contributed by atoms with Crippen molar-refractivity contribution < 1.29 is 14.6 Å². The van der Waals surface area contributed by atoms with Crippen LogP contribution in [-0.2, 0) is 0 Å². The van der Waals surface area contributed by atoms with E-state index in [0.717, 1.165) is 0 Å². The Kier molecular flexibility index (Phi) is 5.82. The summed E-state index contributed by atoms with van der Waals surface area (Å²) in [5.74, 6) is 0.679. The maximum Gasteiger partial charge on any atom is 0.314 e. The normalized spacial score (nSPS) is 12.7. The molecule has 0 saturated carbocycles. The number of nitrogens with one attached hydrogen (secondary N) is 2. The van der Waals surface area contributed by atoms with Crippen LogP contribution in [0, 0.1) is 5.41 Å². The first-order valence-electron chi connectivity index (χ1n) is 6.65. The van der Waals surface area contributed by atoms with E-state index in [-0.39, 0.29) is 18.0 Å². The third-order valence-electron chi connectivity index (χ3n) is 2.71. The molecule has 0 spiro atoms. The van der Waals surface area contributed by atoms with Crippen LogP contribution < -0.4 is 15.4 Å². The molecule has 0 radical (unpaired) electrons. The van der Waals surface area contributed by atoms with Gasteiger partial charge in [-0.2, -0.15) is 0 Å². The van der Waals surface area contributed by atoms with Crippen LogP contribution in [0.25, 0.3) is 0 Å². The molecule has 112 valence electrons. The molecule has 1 unspecified atom stereocenters. The number of methoxy groups -OCH3 is 1. The first-order valence-corrected chi connectivity index (χ1v) is 6.65. The van der Waals surface area contributed by atoms with E-state index in [1.807, 2.05) is 20.8 Å². The number of ether oxygens (including phenoxy) is 1. The predicted octanol–water partition coefficient (Wildman–Crippen LogP) is 2.07. The summed E-state index contributed by atoms with van der Waals surface area (Å²) in [5.41, 5.74) is 0.739. The molecule has 0 aliphatic heterocycles. The van der Waals surface area contributed by atoms with Crippen molar-refractivity contribution in [2.24, 2.45) is 5.41 Å². The zero-order valence-electron chi connectivity index (χ0n) is 12.6. The summed E-state index contributed by atoms with van der Waals surface area (Å²) >= 11 is 0. The summed E-state index contributed by atoms with van der Waals surface area (Å²) in [6.45, 7) is 6.85. The Morgan fingerprint density at radius 3 is 2.65 bits per heavy atom. The molecule has 1 rings (SSSR count). The molecule has 1 atom stereocenters. The number of hydrogen-bond donors (Lipinski definition) is 3. The standard InChI is InChI=1S/C15H24N2O3/c1-15(2,3)10-17-14(19)16-9-13(18)11-6-5-7-12(8-11)20-4/h5-8,13,18H,9-10H2,1-4H3,(H2,16,17,19). The fourth-order valence-corrected chi connectivity index (χ4v) is 1.56. The highest BCUT2D eigenvalue weighted by Gasteiger charge is 2.13. The van der Waals surface area contributed by atoms with Crippen LogP contribution in [0.2, 0.25) is 0 Å². The number of rotatable bonds is 5. The Balaban J connectivity index is 2.42. The first kappa shape index (κ1) is 16.3. The number of amides is 2. The summed E-state index contributed by atoms with van der Waals surface area (Å²) in [4.78, 5) is 11.6. The molecule has 20 heavy (non-hydrogen) atoms. The minimum absolute atomic E-state index is 0.0305. The van der Waals surface area contributed by atoms with Gasteiger partial charge in [0.05, 0.1) is 13.2 Å². The van der Waals surface area contributed by atoms with Crippen molar-refractivity contribution >= 4 is 6.03 Å². The van der Waals surface area contributed by atoms with Crippen molar-refractivity contribution in [3.63, 3.8) is 0 Å². The third kappa shape index (κ3) is 5.93. The number of carbonyl (C=O) groups excluding carboxylic acids is 1. The van der Waals surface area contributed by atoms with Crippen LogP contribution in [-0.4, -0.2) is 31.3 Å². The van der Waals surface area contributed by atoms with Gasteiger partial charge in [0.1, 0.15) is 5.75 Å². The van der Waals surface area contributed by atoms with Crippen LogP contribution in [0.4, 0.5) is 4.79 Å². The molecule has 5 nitrogen and oxygen atoms in total. The molecule has 0 bridgehead atoms. The molecule has 5 heteroatoms. The number of carbonyl (C=O) groups is 1. The summed E-state index contributed by atoms with van der Waals surface area (Å²) < 4.78 is 5.10. The maximum atomic E-state index is 11.6. The van der Waals surface area contributed by atoms with Gasteiger partial charge in [-0.1, -0.05) is 32.9 Å². The zero-order valence-corrected chi connectivity index (χ0v) is 12.6. The number of aliphatic hydroxyl groups is 1. The Morgan fingerprint density at radius 2 is 2.05 bits per heavy atom. The van der Waals surface area contributed by atoms with Gasteiger partial charge < -0.3 is 20.5 Å². The molecule has 1 aromatic carbocycles. The van der Waals surface area contributed by atoms with Gasteiger partial charge in [-0.05, 0) is 23.1 Å². The van der Waals surface area contributed by atoms with E-state index in [9.17, 15) is 9.90 Å². The van der Waals surface area contributed by atoms with E-state index in [4.69, 9.17) is 4.74 Å². The molecule has 0 saturated heterocycles. The second-order valence-corrected chi connectivity index (χ2v) is 5.92. The van der Waals surface area contributed by atoms with E-state index < -0.39 is 6.10 Å². The van der Waals surface area contributed by atoms with Crippen LogP contribution in [0.15, 0.2) is 24.3 Å². The van der Waals surface area contributed by atoms with E-state index in [1.54, 1.807) is 31.4 Å². The lowest BCUT2D eigenvalue weighted by molar-refractivity contribution is 0.172. The lowest BCUT2D eigenvalue weighted by atomic mass is 9.97. The second kappa shape index (κ2) is 7.14. The summed E-state index contributed by atoms with van der Waals surface area (Å²) in [6, 6.07) is 6.87. The molecular weight excluding hydrogens is 256 g/mol. The minimum Gasteiger partial charge on any atom is -0.497 e. The van der Waals surface area contributed by atoms with Gasteiger partial charge in [-0.25, -0.2) is 4.79 Å². The molecule has 0 aliphatic rings. The molecule has 1 aromatic rings. The molecule has 3 N–H and O–H groups in total.